The van der Waals surface area contributed by atoms with Crippen molar-refractivity contribution in [3.05, 3.63) is 23.4 Å². The summed E-state index contributed by atoms with van der Waals surface area (Å²) in [5.41, 5.74) is -1.46. The van der Waals surface area contributed by atoms with E-state index in [2.05, 4.69) is 4.98 Å². The average Bonchev–Trinajstić information content (AvgIpc) is 2.14. The molecule has 0 fully saturated rings. The van der Waals surface area contributed by atoms with E-state index in [0.717, 1.165) is 12.3 Å². The molecular weight excluding hydrogens is 247 g/mol. The van der Waals surface area contributed by atoms with Crippen molar-refractivity contribution in [1.82, 2.24) is 4.98 Å². The highest BCUT2D eigenvalue weighted by Gasteiger charge is 2.34. The summed E-state index contributed by atoms with van der Waals surface area (Å²) in [6, 6.07) is 1.52. The standard InChI is InChI=1S/C8H8F3NO3S/c1-16(14,15)7-5(4-13)2-3-6(12-7)8(9,10)11/h2-3,13H,4H2,1H3. The Kier molecular flexibility index (Phi) is 3.25. The highest BCUT2D eigenvalue weighted by molar-refractivity contribution is 7.90. The molecule has 8 heteroatoms. The molecule has 1 heterocycles. The summed E-state index contributed by atoms with van der Waals surface area (Å²) in [6.45, 7) is -0.687. The number of sulfone groups is 1. The molecule has 1 aromatic rings. The molecule has 1 aromatic heterocycles. The zero-order valence-corrected chi connectivity index (χ0v) is 8.93. The van der Waals surface area contributed by atoms with E-state index >= 15 is 0 Å². The molecule has 0 aliphatic rings. The van der Waals surface area contributed by atoms with E-state index in [9.17, 15) is 21.6 Å². The molecule has 0 bridgehead atoms. The molecule has 1 rings (SSSR count). The lowest BCUT2D eigenvalue weighted by Gasteiger charge is -2.09. The second-order valence-electron chi connectivity index (χ2n) is 3.09. The van der Waals surface area contributed by atoms with Crippen LogP contribution in [-0.2, 0) is 22.6 Å². The summed E-state index contributed by atoms with van der Waals surface area (Å²) >= 11 is 0. The summed E-state index contributed by atoms with van der Waals surface area (Å²) in [4.78, 5) is 3.01. The number of alkyl halides is 3. The topological polar surface area (TPSA) is 67.3 Å². The minimum absolute atomic E-state index is 0.157. The Morgan fingerprint density at radius 3 is 2.31 bits per heavy atom. The van der Waals surface area contributed by atoms with Crippen LogP contribution in [0.1, 0.15) is 11.3 Å². The first-order valence-corrected chi connectivity index (χ1v) is 5.93. The molecular formula is C8H8F3NO3S. The Hall–Kier alpha value is -1.15. The number of aliphatic hydroxyl groups excluding tert-OH is 1. The van der Waals surface area contributed by atoms with Crippen LogP contribution in [0.4, 0.5) is 13.2 Å². The molecule has 1 N–H and O–H groups in total. The van der Waals surface area contributed by atoms with Gasteiger partial charge in [-0.1, -0.05) is 6.07 Å². The summed E-state index contributed by atoms with van der Waals surface area (Å²) < 4.78 is 59.1. The molecule has 90 valence electrons. The van der Waals surface area contributed by atoms with Crippen LogP contribution in [0.25, 0.3) is 0 Å². The predicted octanol–water partition coefficient (Wildman–Crippen LogP) is 0.996. The highest BCUT2D eigenvalue weighted by Crippen LogP contribution is 2.29. The number of rotatable bonds is 2. The van der Waals surface area contributed by atoms with Crippen LogP contribution in [0.15, 0.2) is 17.2 Å². The minimum atomic E-state index is -4.71. The van der Waals surface area contributed by atoms with Crippen LogP contribution in [0.3, 0.4) is 0 Å². The fourth-order valence-corrected chi connectivity index (χ4v) is 1.94. The van der Waals surface area contributed by atoms with Crippen molar-refractivity contribution in [2.75, 3.05) is 6.26 Å². The predicted molar refractivity (Wildman–Crippen MR) is 48.3 cm³/mol. The average molecular weight is 255 g/mol. The smallest absolute Gasteiger partial charge is 0.392 e. The van der Waals surface area contributed by atoms with Gasteiger partial charge in [0.05, 0.1) is 6.61 Å². The van der Waals surface area contributed by atoms with Crippen molar-refractivity contribution in [3.8, 4) is 0 Å². The maximum Gasteiger partial charge on any atom is 0.433 e. The second-order valence-corrected chi connectivity index (χ2v) is 5.02. The van der Waals surface area contributed by atoms with E-state index in [0.29, 0.717) is 6.07 Å². The molecule has 0 spiro atoms. The summed E-state index contributed by atoms with van der Waals surface area (Å²) in [7, 11) is -3.90. The number of aromatic nitrogens is 1. The van der Waals surface area contributed by atoms with Crippen LogP contribution < -0.4 is 0 Å². The summed E-state index contributed by atoms with van der Waals surface area (Å²) in [5, 5.41) is 8.04. The minimum Gasteiger partial charge on any atom is -0.392 e. The number of hydrogen-bond acceptors (Lipinski definition) is 4. The number of halogens is 3. The van der Waals surface area contributed by atoms with Crippen LogP contribution in [0.5, 0.6) is 0 Å². The Labute approximate surface area is 89.7 Å². The first kappa shape index (κ1) is 12.9. The molecule has 0 aliphatic heterocycles. The number of nitrogens with zero attached hydrogens (tertiary/aromatic N) is 1. The van der Waals surface area contributed by atoms with Crippen LogP contribution in [-0.4, -0.2) is 24.8 Å². The van der Waals surface area contributed by atoms with Crippen molar-refractivity contribution in [2.24, 2.45) is 0 Å². The first-order chi connectivity index (χ1) is 7.16. The number of pyridine rings is 1. The molecule has 0 unspecified atom stereocenters. The van der Waals surface area contributed by atoms with Gasteiger partial charge in [0, 0.05) is 11.8 Å². The molecule has 0 saturated carbocycles. The van der Waals surface area contributed by atoms with Gasteiger partial charge in [-0.05, 0) is 6.07 Å². The summed E-state index contributed by atoms with van der Waals surface area (Å²) in [6.07, 6.45) is -3.98. The van der Waals surface area contributed by atoms with Gasteiger partial charge in [0.15, 0.2) is 14.9 Å². The number of aliphatic hydroxyl groups is 1. The van der Waals surface area contributed by atoms with Gasteiger partial charge in [-0.2, -0.15) is 13.2 Å². The largest absolute Gasteiger partial charge is 0.433 e. The van der Waals surface area contributed by atoms with Gasteiger partial charge in [-0.25, -0.2) is 13.4 Å². The van der Waals surface area contributed by atoms with Gasteiger partial charge in [-0.3, -0.25) is 0 Å². The maximum absolute atomic E-state index is 12.3. The van der Waals surface area contributed by atoms with E-state index in [1.807, 2.05) is 0 Å². The lowest BCUT2D eigenvalue weighted by Crippen LogP contribution is -2.13. The molecule has 0 atom stereocenters. The first-order valence-electron chi connectivity index (χ1n) is 4.04. The third-order valence-corrected chi connectivity index (χ3v) is 2.81. The van der Waals surface area contributed by atoms with Crippen LogP contribution >= 0.6 is 0 Å². The Morgan fingerprint density at radius 1 is 1.38 bits per heavy atom. The lowest BCUT2D eigenvalue weighted by atomic mass is 10.2. The van der Waals surface area contributed by atoms with Crippen LogP contribution in [0, 0.1) is 0 Å². The van der Waals surface area contributed by atoms with Gasteiger partial charge in [0.2, 0.25) is 0 Å². The normalized spacial score (nSPS) is 12.8. The highest BCUT2D eigenvalue weighted by atomic mass is 32.2. The molecule has 4 nitrogen and oxygen atoms in total. The third kappa shape index (κ3) is 2.70. The fraction of sp³-hybridized carbons (Fsp3) is 0.375. The van der Waals surface area contributed by atoms with E-state index < -0.39 is 33.3 Å². The molecule has 0 amide bonds. The van der Waals surface area contributed by atoms with E-state index in [-0.39, 0.29) is 5.56 Å². The van der Waals surface area contributed by atoms with Crippen LogP contribution in [0.2, 0.25) is 0 Å². The Bertz CT molecular complexity index is 496. The Morgan fingerprint density at radius 2 is 1.94 bits per heavy atom. The lowest BCUT2D eigenvalue weighted by molar-refractivity contribution is -0.141. The van der Waals surface area contributed by atoms with Gasteiger partial charge in [-0.15, -0.1) is 0 Å². The summed E-state index contributed by atoms with van der Waals surface area (Å²) in [5.74, 6) is 0. The molecule has 0 saturated heterocycles. The van der Waals surface area contributed by atoms with Crippen molar-refractivity contribution in [2.45, 2.75) is 17.8 Å². The maximum atomic E-state index is 12.3. The zero-order chi connectivity index (χ0) is 12.6. The van der Waals surface area contributed by atoms with Crippen molar-refractivity contribution >= 4 is 9.84 Å². The monoisotopic (exact) mass is 255 g/mol. The Balaban J connectivity index is 3.46. The fourth-order valence-electron chi connectivity index (χ4n) is 1.07. The SMILES string of the molecule is CS(=O)(=O)c1nc(C(F)(F)F)ccc1CO. The zero-order valence-electron chi connectivity index (χ0n) is 8.11. The molecule has 0 radical (unpaired) electrons. The quantitative estimate of drug-likeness (QED) is 0.856. The van der Waals surface area contributed by atoms with Gasteiger partial charge in [0.25, 0.3) is 0 Å². The van der Waals surface area contributed by atoms with Crippen molar-refractivity contribution in [3.63, 3.8) is 0 Å². The van der Waals surface area contributed by atoms with E-state index in [1.165, 1.54) is 0 Å². The van der Waals surface area contributed by atoms with Gasteiger partial charge in [0.1, 0.15) is 5.69 Å². The van der Waals surface area contributed by atoms with Crippen molar-refractivity contribution < 1.29 is 26.7 Å². The second kappa shape index (κ2) is 4.02. The van der Waals surface area contributed by atoms with Crippen molar-refractivity contribution in [1.29, 1.82) is 0 Å². The van der Waals surface area contributed by atoms with E-state index in [4.69, 9.17) is 5.11 Å². The molecule has 0 aromatic carbocycles. The molecule has 0 aliphatic carbocycles. The van der Waals surface area contributed by atoms with E-state index in [1.54, 1.807) is 0 Å². The van der Waals surface area contributed by atoms with Gasteiger partial charge < -0.3 is 5.11 Å². The third-order valence-electron chi connectivity index (χ3n) is 1.75. The van der Waals surface area contributed by atoms with Gasteiger partial charge >= 0.3 is 6.18 Å². The molecule has 16 heavy (non-hydrogen) atoms. The number of hydrogen-bond donors (Lipinski definition) is 1.